The van der Waals surface area contributed by atoms with E-state index in [0.29, 0.717) is 16.1 Å². The Labute approximate surface area is 222 Å². The van der Waals surface area contributed by atoms with Crippen molar-refractivity contribution >= 4 is 34.7 Å². The van der Waals surface area contributed by atoms with Crippen LogP contribution in [0, 0.1) is 0 Å². The Balaban J connectivity index is 1.18. The molecule has 2 saturated heterocycles. The third kappa shape index (κ3) is 5.79. The molecule has 0 aromatic heterocycles. The molecule has 36 heavy (non-hydrogen) atoms. The highest BCUT2D eigenvalue weighted by molar-refractivity contribution is 6.35. The van der Waals surface area contributed by atoms with Gasteiger partial charge in [-0.3, -0.25) is 10.5 Å². The molecule has 2 atom stereocenters. The number of allylic oxidation sites excluding steroid dienone is 2. The maximum Gasteiger partial charge on any atom is 0.254 e. The van der Waals surface area contributed by atoms with Crippen LogP contribution in [-0.2, 0) is 11.3 Å². The van der Waals surface area contributed by atoms with Crippen molar-refractivity contribution in [1.82, 2.24) is 15.1 Å². The van der Waals surface area contributed by atoms with E-state index in [1.807, 2.05) is 42.6 Å². The third-order valence-electron chi connectivity index (χ3n) is 7.22. The van der Waals surface area contributed by atoms with Gasteiger partial charge in [0.15, 0.2) is 0 Å². The standard InChI is InChI=1S/C28H32Cl2N4O2/c29-24-10-9-23(26(30)16-24)19-36-28(31)12-11-22(17-32-28)20-5-7-21(8-6-20)27(35)34-15-3-4-25(34)18-33-13-1-2-14-33/h5-12,16-17,25,32H,1-4,13-15,18-19,31H2/t25-,28?/m0/s1. The van der Waals surface area contributed by atoms with Gasteiger partial charge in [-0.15, -0.1) is 0 Å². The van der Waals surface area contributed by atoms with Gasteiger partial charge in [0.05, 0.1) is 6.61 Å². The normalized spacial score (nSPS) is 24.1. The molecule has 8 heteroatoms. The van der Waals surface area contributed by atoms with E-state index in [-0.39, 0.29) is 12.5 Å². The highest BCUT2D eigenvalue weighted by Gasteiger charge is 2.31. The molecule has 2 fully saturated rings. The first-order valence-corrected chi connectivity index (χ1v) is 13.3. The van der Waals surface area contributed by atoms with Crippen LogP contribution in [-0.4, -0.2) is 53.8 Å². The molecule has 6 nitrogen and oxygen atoms in total. The van der Waals surface area contributed by atoms with Crippen molar-refractivity contribution < 1.29 is 9.53 Å². The summed E-state index contributed by atoms with van der Waals surface area (Å²) in [6, 6.07) is 13.4. The molecule has 190 valence electrons. The zero-order valence-electron chi connectivity index (χ0n) is 20.3. The summed E-state index contributed by atoms with van der Waals surface area (Å²) in [5, 5.41) is 4.23. The number of amides is 1. The lowest BCUT2D eigenvalue weighted by Crippen LogP contribution is -2.52. The Kier molecular flexibility index (Phi) is 7.70. The first kappa shape index (κ1) is 25.3. The van der Waals surface area contributed by atoms with E-state index in [1.165, 1.54) is 12.8 Å². The number of hydrogen-bond donors (Lipinski definition) is 2. The number of carbonyl (C=O) groups excluding carboxylic acids is 1. The number of benzene rings is 2. The second kappa shape index (κ2) is 11.0. The number of hydrogen-bond acceptors (Lipinski definition) is 5. The summed E-state index contributed by atoms with van der Waals surface area (Å²) in [6.07, 6.45) is 10.2. The molecule has 3 aliphatic rings. The van der Waals surface area contributed by atoms with E-state index in [2.05, 4.69) is 15.1 Å². The van der Waals surface area contributed by atoms with Crippen LogP contribution >= 0.6 is 23.2 Å². The Morgan fingerprint density at radius 3 is 2.56 bits per heavy atom. The molecule has 3 N–H and O–H groups in total. The van der Waals surface area contributed by atoms with E-state index < -0.39 is 5.85 Å². The first-order chi connectivity index (χ1) is 17.4. The van der Waals surface area contributed by atoms with Crippen LogP contribution in [0.3, 0.4) is 0 Å². The van der Waals surface area contributed by atoms with Crippen molar-refractivity contribution in [1.29, 1.82) is 0 Å². The number of carbonyl (C=O) groups is 1. The molecular formula is C28H32Cl2N4O2. The van der Waals surface area contributed by atoms with Crippen molar-refractivity contribution in [3.05, 3.63) is 87.6 Å². The predicted octanol–water partition coefficient (Wildman–Crippen LogP) is 5.02. The van der Waals surface area contributed by atoms with Crippen LogP contribution in [0.1, 0.15) is 47.2 Å². The highest BCUT2D eigenvalue weighted by Crippen LogP contribution is 2.26. The first-order valence-electron chi connectivity index (χ1n) is 12.6. The van der Waals surface area contributed by atoms with Crippen LogP contribution in [0.15, 0.2) is 60.8 Å². The molecule has 2 aromatic rings. The van der Waals surface area contributed by atoms with Crippen molar-refractivity contribution in [3.63, 3.8) is 0 Å². The molecule has 2 aromatic carbocycles. The number of likely N-dealkylation sites (tertiary alicyclic amines) is 2. The maximum absolute atomic E-state index is 13.3. The summed E-state index contributed by atoms with van der Waals surface area (Å²) in [6.45, 7) is 4.40. The van der Waals surface area contributed by atoms with Gasteiger partial charge >= 0.3 is 0 Å². The minimum absolute atomic E-state index is 0.129. The van der Waals surface area contributed by atoms with E-state index >= 15 is 0 Å². The third-order valence-corrected chi connectivity index (χ3v) is 7.80. The number of ether oxygens (including phenoxy) is 1. The fourth-order valence-electron chi connectivity index (χ4n) is 5.13. The van der Waals surface area contributed by atoms with E-state index in [9.17, 15) is 4.79 Å². The molecule has 1 amide bonds. The monoisotopic (exact) mass is 526 g/mol. The number of nitrogens with zero attached hydrogens (tertiary/aromatic N) is 2. The topological polar surface area (TPSA) is 70.8 Å². The molecule has 0 bridgehead atoms. The summed E-state index contributed by atoms with van der Waals surface area (Å²) < 4.78 is 5.88. The lowest BCUT2D eigenvalue weighted by molar-refractivity contribution is -0.0318. The fraction of sp³-hybridized carbons (Fsp3) is 0.393. The molecule has 0 spiro atoms. The average molecular weight is 527 g/mol. The van der Waals surface area contributed by atoms with Crippen LogP contribution in [0.2, 0.25) is 10.0 Å². The predicted molar refractivity (Wildman–Crippen MR) is 145 cm³/mol. The Morgan fingerprint density at radius 2 is 1.86 bits per heavy atom. The molecular weight excluding hydrogens is 495 g/mol. The minimum atomic E-state index is -1.15. The lowest BCUT2D eigenvalue weighted by Gasteiger charge is -2.30. The average Bonchev–Trinajstić information content (AvgIpc) is 3.56. The second-order valence-corrected chi connectivity index (χ2v) is 10.6. The van der Waals surface area contributed by atoms with Gasteiger partial charge in [-0.1, -0.05) is 47.5 Å². The van der Waals surface area contributed by atoms with Crippen LogP contribution in [0.5, 0.6) is 0 Å². The SMILES string of the molecule is NC1(OCc2ccc(Cl)cc2Cl)C=CC(c2ccc(C(=O)N3CCC[C@H]3CN3CCCC3)cc2)=CN1. The molecule has 3 heterocycles. The number of nitrogens with one attached hydrogen (secondary N) is 1. The van der Waals surface area contributed by atoms with Crippen molar-refractivity contribution in [2.45, 2.75) is 44.2 Å². The van der Waals surface area contributed by atoms with Crippen molar-refractivity contribution in [2.75, 3.05) is 26.2 Å². The molecule has 1 unspecified atom stereocenters. The summed E-state index contributed by atoms with van der Waals surface area (Å²) in [5.74, 6) is -1.02. The summed E-state index contributed by atoms with van der Waals surface area (Å²) >= 11 is 12.2. The van der Waals surface area contributed by atoms with Gasteiger partial charge < -0.3 is 19.9 Å². The quantitative estimate of drug-likeness (QED) is 0.495. The lowest BCUT2D eigenvalue weighted by atomic mass is 10.0. The van der Waals surface area contributed by atoms with E-state index in [0.717, 1.165) is 61.3 Å². The Hall–Kier alpha value is -2.35. The molecule has 5 rings (SSSR count). The van der Waals surface area contributed by atoms with Gasteiger partial charge in [0.25, 0.3) is 5.91 Å². The molecule has 0 saturated carbocycles. The zero-order chi connectivity index (χ0) is 25.1. The zero-order valence-corrected chi connectivity index (χ0v) is 21.8. The largest absolute Gasteiger partial charge is 0.348 e. The van der Waals surface area contributed by atoms with Gasteiger partial charge in [0, 0.05) is 40.9 Å². The van der Waals surface area contributed by atoms with Gasteiger partial charge in [-0.2, -0.15) is 0 Å². The van der Waals surface area contributed by atoms with Gasteiger partial charge in [0.1, 0.15) is 0 Å². The second-order valence-electron chi connectivity index (χ2n) is 9.77. The summed E-state index contributed by atoms with van der Waals surface area (Å²) in [7, 11) is 0. The number of dihydropyridines is 1. The number of halogens is 2. The smallest absolute Gasteiger partial charge is 0.254 e. The Bertz CT molecular complexity index is 1160. The van der Waals surface area contributed by atoms with E-state index in [1.54, 1.807) is 18.2 Å². The maximum atomic E-state index is 13.3. The van der Waals surface area contributed by atoms with Gasteiger partial charge in [0.2, 0.25) is 5.85 Å². The fourth-order valence-corrected chi connectivity index (χ4v) is 5.60. The molecule has 0 aliphatic carbocycles. The summed E-state index contributed by atoms with van der Waals surface area (Å²) in [5.41, 5.74) is 9.83. The van der Waals surface area contributed by atoms with Gasteiger partial charge in [-0.05, 0) is 85.8 Å². The van der Waals surface area contributed by atoms with Crippen LogP contribution in [0.25, 0.3) is 5.57 Å². The Morgan fingerprint density at radius 1 is 1.08 bits per heavy atom. The number of nitrogens with two attached hydrogens (primary N) is 1. The molecule has 0 radical (unpaired) electrons. The minimum Gasteiger partial charge on any atom is -0.348 e. The van der Waals surface area contributed by atoms with Crippen LogP contribution < -0.4 is 11.1 Å². The van der Waals surface area contributed by atoms with Crippen molar-refractivity contribution in [2.24, 2.45) is 5.73 Å². The van der Waals surface area contributed by atoms with Gasteiger partial charge in [-0.25, -0.2) is 0 Å². The summed E-state index contributed by atoms with van der Waals surface area (Å²) in [4.78, 5) is 17.8. The van der Waals surface area contributed by atoms with Crippen LogP contribution in [0.4, 0.5) is 0 Å². The highest BCUT2D eigenvalue weighted by atomic mass is 35.5. The van der Waals surface area contributed by atoms with Crippen molar-refractivity contribution in [3.8, 4) is 0 Å². The van der Waals surface area contributed by atoms with E-state index in [4.69, 9.17) is 33.7 Å². The molecule has 3 aliphatic heterocycles. The number of rotatable bonds is 7.